The van der Waals surface area contributed by atoms with Gasteiger partial charge in [0.2, 0.25) is 5.91 Å². The lowest BCUT2D eigenvalue weighted by molar-refractivity contribution is -0.128. The quantitative estimate of drug-likeness (QED) is 0.791. The summed E-state index contributed by atoms with van der Waals surface area (Å²) in [4.78, 5) is 18.9. The summed E-state index contributed by atoms with van der Waals surface area (Å²) in [6, 6.07) is 0. The SMILES string of the molecule is CCCC1CC(=O)N(Cc2c(C(C)(C)C)nn3cc(Br)cnc23)C1. The molecule has 1 saturated heterocycles. The molecule has 1 unspecified atom stereocenters. The summed E-state index contributed by atoms with van der Waals surface area (Å²) < 4.78 is 2.72. The zero-order valence-corrected chi connectivity index (χ0v) is 16.4. The van der Waals surface area contributed by atoms with Crippen LogP contribution < -0.4 is 0 Å². The van der Waals surface area contributed by atoms with Crippen LogP contribution >= 0.6 is 15.9 Å². The lowest BCUT2D eigenvalue weighted by Gasteiger charge is -2.21. The number of hydrogen-bond donors (Lipinski definition) is 0. The first-order valence-corrected chi connectivity index (χ1v) is 9.40. The van der Waals surface area contributed by atoms with Gasteiger partial charge in [-0.25, -0.2) is 9.50 Å². The Labute approximate surface area is 151 Å². The van der Waals surface area contributed by atoms with Crippen molar-refractivity contribution < 1.29 is 4.79 Å². The molecule has 0 N–H and O–H groups in total. The van der Waals surface area contributed by atoms with E-state index >= 15 is 0 Å². The van der Waals surface area contributed by atoms with Crippen LogP contribution in [0.4, 0.5) is 0 Å². The van der Waals surface area contributed by atoms with Gasteiger partial charge in [-0.05, 0) is 28.3 Å². The van der Waals surface area contributed by atoms with Gasteiger partial charge < -0.3 is 4.90 Å². The smallest absolute Gasteiger partial charge is 0.223 e. The van der Waals surface area contributed by atoms with E-state index < -0.39 is 0 Å². The second kappa shape index (κ2) is 6.47. The van der Waals surface area contributed by atoms with E-state index in [1.54, 1.807) is 6.20 Å². The fraction of sp³-hybridized carbons (Fsp3) is 0.611. The van der Waals surface area contributed by atoms with Gasteiger partial charge in [-0.3, -0.25) is 4.79 Å². The third kappa shape index (κ3) is 3.34. The summed E-state index contributed by atoms with van der Waals surface area (Å²) in [7, 11) is 0. The van der Waals surface area contributed by atoms with Gasteiger partial charge in [0.15, 0.2) is 5.65 Å². The number of rotatable bonds is 4. The lowest BCUT2D eigenvalue weighted by Crippen LogP contribution is -2.26. The summed E-state index contributed by atoms with van der Waals surface area (Å²) in [6.07, 6.45) is 6.64. The number of nitrogens with zero attached hydrogens (tertiary/aromatic N) is 4. The van der Waals surface area contributed by atoms with Crippen molar-refractivity contribution >= 4 is 27.5 Å². The molecular formula is C18H25BrN4O. The van der Waals surface area contributed by atoms with Crippen molar-refractivity contribution in [1.29, 1.82) is 0 Å². The Morgan fingerprint density at radius 3 is 2.79 bits per heavy atom. The summed E-state index contributed by atoms with van der Waals surface area (Å²) in [6.45, 7) is 10.1. The maximum absolute atomic E-state index is 12.4. The standard InChI is InChI=1S/C18H25BrN4O/c1-5-6-12-7-15(24)22(9-12)11-14-16(18(2,3)4)21-23-10-13(19)8-20-17(14)23/h8,10,12H,5-7,9,11H2,1-4H3. The highest BCUT2D eigenvalue weighted by Gasteiger charge is 2.32. The molecule has 1 amide bonds. The van der Waals surface area contributed by atoms with Gasteiger partial charge in [0.1, 0.15) is 0 Å². The topological polar surface area (TPSA) is 50.5 Å². The van der Waals surface area contributed by atoms with E-state index in [0.29, 0.717) is 18.9 Å². The van der Waals surface area contributed by atoms with Crippen molar-refractivity contribution in [2.24, 2.45) is 5.92 Å². The Bertz CT molecular complexity index is 762. The van der Waals surface area contributed by atoms with Gasteiger partial charge in [-0.2, -0.15) is 5.10 Å². The molecule has 3 heterocycles. The molecule has 3 rings (SSSR count). The summed E-state index contributed by atoms with van der Waals surface area (Å²) in [5.41, 5.74) is 2.83. The van der Waals surface area contributed by atoms with Gasteiger partial charge in [-0.15, -0.1) is 0 Å². The number of hydrogen-bond acceptors (Lipinski definition) is 3. The molecule has 0 saturated carbocycles. The van der Waals surface area contributed by atoms with Crippen molar-refractivity contribution in [2.45, 2.75) is 58.9 Å². The minimum absolute atomic E-state index is 0.0961. The van der Waals surface area contributed by atoms with Crippen molar-refractivity contribution in [3.05, 3.63) is 28.1 Å². The highest BCUT2D eigenvalue weighted by molar-refractivity contribution is 9.10. The Kier molecular flexibility index (Phi) is 4.69. The number of halogens is 1. The second-order valence-corrected chi connectivity index (χ2v) is 8.67. The van der Waals surface area contributed by atoms with E-state index in [1.165, 1.54) is 0 Å². The highest BCUT2D eigenvalue weighted by Crippen LogP contribution is 2.31. The average Bonchev–Trinajstić information content (AvgIpc) is 3.00. The zero-order chi connectivity index (χ0) is 17.5. The van der Waals surface area contributed by atoms with Crippen LogP contribution in [0.25, 0.3) is 5.65 Å². The van der Waals surface area contributed by atoms with Gasteiger partial charge in [0.25, 0.3) is 0 Å². The monoisotopic (exact) mass is 392 g/mol. The summed E-state index contributed by atoms with van der Waals surface area (Å²) in [5.74, 6) is 0.745. The maximum Gasteiger partial charge on any atom is 0.223 e. The van der Waals surface area contributed by atoms with Crippen LogP contribution in [0.15, 0.2) is 16.9 Å². The number of amides is 1. The van der Waals surface area contributed by atoms with E-state index in [4.69, 9.17) is 5.10 Å². The molecule has 2 aromatic heterocycles. The number of carbonyl (C=O) groups excluding carboxylic acids is 1. The van der Waals surface area contributed by atoms with E-state index in [2.05, 4.69) is 48.6 Å². The predicted octanol–water partition coefficient (Wildman–Crippen LogP) is 3.94. The number of likely N-dealkylation sites (tertiary alicyclic amines) is 1. The van der Waals surface area contributed by atoms with Crippen LogP contribution in [-0.2, 0) is 16.8 Å². The van der Waals surface area contributed by atoms with Gasteiger partial charge in [0.05, 0.1) is 16.7 Å². The minimum Gasteiger partial charge on any atom is -0.338 e. The van der Waals surface area contributed by atoms with E-state index in [0.717, 1.165) is 40.8 Å². The molecular weight excluding hydrogens is 368 g/mol. The van der Waals surface area contributed by atoms with Crippen molar-refractivity contribution in [3.8, 4) is 0 Å². The highest BCUT2D eigenvalue weighted by atomic mass is 79.9. The number of fused-ring (bicyclic) bond motifs is 1. The van der Waals surface area contributed by atoms with Crippen molar-refractivity contribution in [3.63, 3.8) is 0 Å². The molecule has 0 aliphatic carbocycles. The van der Waals surface area contributed by atoms with E-state index in [-0.39, 0.29) is 11.3 Å². The fourth-order valence-electron chi connectivity index (χ4n) is 3.51. The van der Waals surface area contributed by atoms with Crippen LogP contribution in [0.5, 0.6) is 0 Å². The molecule has 24 heavy (non-hydrogen) atoms. The first-order chi connectivity index (χ1) is 11.3. The van der Waals surface area contributed by atoms with Crippen molar-refractivity contribution in [2.75, 3.05) is 6.54 Å². The average molecular weight is 393 g/mol. The number of carbonyl (C=O) groups is 1. The Balaban J connectivity index is 1.97. The normalized spacial score (nSPS) is 18.8. The van der Waals surface area contributed by atoms with Crippen LogP contribution in [0, 0.1) is 5.92 Å². The molecule has 1 fully saturated rings. The third-order valence-corrected chi connectivity index (χ3v) is 5.00. The molecule has 2 aromatic rings. The molecule has 5 nitrogen and oxygen atoms in total. The molecule has 0 spiro atoms. The van der Waals surface area contributed by atoms with Crippen LogP contribution in [-0.4, -0.2) is 31.9 Å². The molecule has 0 radical (unpaired) electrons. The summed E-state index contributed by atoms with van der Waals surface area (Å²) >= 11 is 3.45. The fourth-order valence-corrected chi connectivity index (χ4v) is 3.80. The third-order valence-electron chi connectivity index (χ3n) is 4.59. The molecule has 0 aromatic carbocycles. The number of aromatic nitrogens is 3. The van der Waals surface area contributed by atoms with Crippen molar-refractivity contribution in [1.82, 2.24) is 19.5 Å². The van der Waals surface area contributed by atoms with Gasteiger partial charge >= 0.3 is 0 Å². The maximum atomic E-state index is 12.4. The van der Waals surface area contributed by atoms with Crippen LogP contribution in [0.3, 0.4) is 0 Å². The first kappa shape index (κ1) is 17.4. The molecule has 6 heteroatoms. The molecule has 0 bridgehead atoms. The predicted molar refractivity (Wildman–Crippen MR) is 97.8 cm³/mol. The summed E-state index contributed by atoms with van der Waals surface area (Å²) in [5, 5.41) is 4.75. The van der Waals surface area contributed by atoms with Gasteiger partial charge in [0, 0.05) is 36.3 Å². The van der Waals surface area contributed by atoms with Crippen LogP contribution in [0.1, 0.15) is 58.2 Å². The van der Waals surface area contributed by atoms with Crippen LogP contribution in [0.2, 0.25) is 0 Å². The molecule has 1 aliphatic rings. The second-order valence-electron chi connectivity index (χ2n) is 7.75. The molecule has 130 valence electrons. The van der Waals surface area contributed by atoms with E-state index in [1.807, 2.05) is 15.6 Å². The molecule has 1 atom stereocenters. The van der Waals surface area contributed by atoms with Gasteiger partial charge in [-0.1, -0.05) is 34.1 Å². The zero-order valence-electron chi connectivity index (χ0n) is 14.8. The Morgan fingerprint density at radius 2 is 2.12 bits per heavy atom. The Hall–Kier alpha value is -1.43. The van der Waals surface area contributed by atoms with E-state index in [9.17, 15) is 4.79 Å². The molecule has 1 aliphatic heterocycles. The lowest BCUT2D eigenvalue weighted by atomic mass is 9.89. The Morgan fingerprint density at radius 1 is 1.38 bits per heavy atom. The largest absolute Gasteiger partial charge is 0.338 e. The minimum atomic E-state index is -0.0961. The first-order valence-electron chi connectivity index (χ1n) is 8.60.